The molecule has 0 aliphatic rings. The van der Waals surface area contributed by atoms with E-state index in [-0.39, 0.29) is 6.04 Å². The monoisotopic (exact) mass is 283 g/mol. The number of benzene rings is 1. The standard InChI is InChI=1S/C15H25NO4/c1-12(16)13-4-5-15(18-3)14(10-13)11-20-9-8-19-7-6-17-2/h4-5,10,12H,6-9,11,16H2,1-3H3. The van der Waals surface area contributed by atoms with Crippen LogP contribution in [0.15, 0.2) is 18.2 Å². The molecular formula is C15H25NO4. The van der Waals surface area contributed by atoms with E-state index in [0.29, 0.717) is 33.0 Å². The Labute approximate surface area is 121 Å². The second kappa shape index (κ2) is 9.72. The van der Waals surface area contributed by atoms with Crippen LogP contribution in [0.25, 0.3) is 0 Å². The Hall–Kier alpha value is -1.14. The van der Waals surface area contributed by atoms with E-state index in [0.717, 1.165) is 16.9 Å². The van der Waals surface area contributed by atoms with Gasteiger partial charge in [-0.25, -0.2) is 0 Å². The maximum Gasteiger partial charge on any atom is 0.124 e. The lowest BCUT2D eigenvalue weighted by atomic mass is 10.1. The summed E-state index contributed by atoms with van der Waals surface area (Å²) in [5.74, 6) is 0.815. The van der Waals surface area contributed by atoms with E-state index < -0.39 is 0 Å². The van der Waals surface area contributed by atoms with E-state index in [2.05, 4.69) is 0 Å². The van der Waals surface area contributed by atoms with Crippen molar-refractivity contribution in [1.82, 2.24) is 0 Å². The molecule has 0 aromatic heterocycles. The van der Waals surface area contributed by atoms with Crippen LogP contribution in [0, 0.1) is 0 Å². The van der Waals surface area contributed by atoms with Crippen molar-refractivity contribution >= 4 is 0 Å². The summed E-state index contributed by atoms with van der Waals surface area (Å²) < 4.78 is 21.1. The van der Waals surface area contributed by atoms with Crippen LogP contribution in [0.5, 0.6) is 5.75 Å². The Morgan fingerprint density at radius 2 is 1.75 bits per heavy atom. The zero-order chi connectivity index (χ0) is 14.8. The van der Waals surface area contributed by atoms with Crippen LogP contribution >= 0.6 is 0 Å². The fraction of sp³-hybridized carbons (Fsp3) is 0.600. The Kier molecular flexibility index (Phi) is 8.22. The number of nitrogens with two attached hydrogens (primary N) is 1. The average molecular weight is 283 g/mol. The summed E-state index contributed by atoms with van der Waals surface area (Å²) in [5, 5.41) is 0. The first-order valence-electron chi connectivity index (χ1n) is 6.75. The van der Waals surface area contributed by atoms with Crippen LogP contribution in [-0.2, 0) is 20.8 Å². The van der Waals surface area contributed by atoms with Crippen LogP contribution in [0.3, 0.4) is 0 Å². The second-order valence-corrected chi connectivity index (χ2v) is 4.52. The van der Waals surface area contributed by atoms with Gasteiger partial charge in [-0.05, 0) is 24.6 Å². The third-order valence-electron chi connectivity index (χ3n) is 2.89. The Morgan fingerprint density at radius 1 is 1.05 bits per heavy atom. The molecule has 5 nitrogen and oxygen atoms in total. The number of rotatable bonds is 10. The van der Waals surface area contributed by atoms with Crippen LogP contribution in [0.4, 0.5) is 0 Å². The lowest BCUT2D eigenvalue weighted by Gasteiger charge is -2.13. The molecule has 2 N–H and O–H groups in total. The highest BCUT2D eigenvalue weighted by atomic mass is 16.5. The van der Waals surface area contributed by atoms with Gasteiger partial charge in [0.1, 0.15) is 5.75 Å². The molecule has 0 aliphatic carbocycles. The quantitative estimate of drug-likeness (QED) is 0.664. The lowest BCUT2D eigenvalue weighted by molar-refractivity contribution is 0.0195. The molecule has 0 amide bonds. The van der Waals surface area contributed by atoms with Crippen LogP contribution in [0.1, 0.15) is 24.1 Å². The summed E-state index contributed by atoms with van der Waals surface area (Å²) in [5.41, 5.74) is 7.95. The minimum Gasteiger partial charge on any atom is -0.496 e. The molecule has 20 heavy (non-hydrogen) atoms. The predicted molar refractivity (Wildman–Crippen MR) is 77.9 cm³/mol. The molecule has 1 atom stereocenters. The lowest BCUT2D eigenvalue weighted by Crippen LogP contribution is -2.09. The summed E-state index contributed by atoms with van der Waals surface area (Å²) in [6.45, 7) is 4.72. The third kappa shape index (κ3) is 5.88. The largest absolute Gasteiger partial charge is 0.496 e. The molecule has 0 saturated heterocycles. The number of methoxy groups -OCH3 is 2. The SMILES string of the molecule is COCCOCCOCc1cc(C(C)N)ccc1OC. The molecule has 0 bridgehead atoms. The first-order chi connectivity index (χ1) is 9.69. The molecule has 5 heteroatoms. The van der Waals surface area contributed by atoms with E-state index in [1.54, 1.807) is 14.2 Å². The summed E-state index contributed by atoms with van der Waals surface area (Å²) in [4.78, 5) is 0. The number of ether oxygens (including phenoxy) is 4. The smallest absolute Gasteiger partial charge is 0.124 e. The Balaban J connectivity index is 2.39. The molecule has 1 rings (SSSR count). The molecule has 0 heterocycles. The summed E-state index contributed by atoms with van der Waals surface area (Å²) in [6, 6.07) is 5.92. The zero-order valence-electron chi connectivity index (χ0n) is 12.6. The number of hydrogen-bond donors (Lipinski definition) is 1. The molecule has 0 aliphatic heterocycles. The normalized spacial score (nSPS) is 12.4. The zero-order valence-corrected chi connectivity index (χ0v) is 12.6. The maximum absolute atomic E-state index is 5.88. The topological polar surface area (TPSA) is 62.9 Å². The molecular weight excluding hydrogens is 258 g/mol. The molecule has 1 aromatic rings. The summed E-state index contributed by atoms with van der Waals surface area (Å²) in [7, 11) is 3.30. The fourth-order valence-electron chi connectivity index (χ4n) is 1.74. The van der Waals surface area contributed by atoms with Crippen molar-refractivity contribution in [2.45, 2.75) is 19.6 Å². The maximum atomic E-state index is 5.88. The van der Waals surface area contributed by atoms with Crippen molar-refractivity contribution in [2.75, 3.05) is 40.6 Å². The average Bonchev–Trinajstić information content (AvgIpc) is 2.46. The van der Waals surface area contributed by atoms with Crippen molar-refractivity contribution in [2.24, 2.45) is 5.73 Å². The minimum atomic E-state index is -0.00275. The molecule has 0 fully saturated rings. The van der Waals surface area contributed by atoms with Gasteiger partial charge in [-0.2, -0.15) is 0 Å². The van der Waals surface area contributed by atoms with Gasteiger partial charge in [0, 0.05) is 18.7 Å². The Morgan fingerprint density at radius 3 is 2.40 bits per heavy atom. The molecule has 114 valence electrons. The molecule has 0 spiro atoms. The first-order valence-corrected chi connectivity index (χ1v) is 6.75. The molecule has 1 aromatic carbocycles. The highest BCUT2D eigenvalue weighted by Crippen LogP contribution is 2.23. The molecule has 0 saturated carbocycles. The van der Waals surface area contributed by atoms with Gasteiger partial charge in [-0.3, -0.25) is 0 Å². The van der Waals surface area contributed by atoms with Crippen molar-refractivity contribution < 1.29 is 18.9 Å². The van der Waals surface area contributed by atoms with Crippen LogP contribution in [0.2, 0.25) is 0 Å². The molecule has 1 unspecified atom stereocenters. The van der Waals surface area contributed by atoms with Crippen molar-refractivity contribution in [3.8, 4) is 5.75 Å². The summed E-state index contributed by atoms with van der Waals surface area (Å²) >= 11 is 0. The Bertz CT molecular complexity index is 382. The minimum absolute atomic E-state index is 0.00275. The van der Waals surface area contributed by atoms with Crippen LogP contribution in [-0.4, -0.2) is 40.6 Å². The first kappa shape index (κ1) is 16.9. The van der Waals surface area contributed by atoms with Gasteiger partial charge in [-0.1, -0.05) is 6.07 Å². The van der Waals surface area contributed by atoms with E-state index in [9.17, 15) is 0 Å². The highest BCUT2D eigenvalue weighted by molar-refractivity contribution is 5.37. The van der Waals surface area contributed by atoms with E-state index in [1.165, 1.54) is 0 Å². The predicted octanol–water partition coefficient (Wildman–Crippen LogP) is 1.89. The third-order valence-corrected chi connectivity index (χ3v) is 2.89. The van der Waals surface area contributed by atoms with Gasteiger partial charge in [-0.15, -0.1) is 0 Å². The van der Waals surface area contributed by atoms with Gasteiger partial charge in [0.25, 0.3) is 0 Å². The van der Waals surface area contributed by atoms with Crippen molar-refractivity contribution in [3.63, 3.8) is 0 Å². The van der Waals surface area contributed by atoms with Gasteiger partial charge >= 0.3 is 0 Å². The fourth-order valence-corrected chi connectivity index (χ4v) is 1.74. The van der Waals surface area contributed by atoms with Gasteiger partial charge in [0.05, 0.1) is 40.1 Å². The van der Waals surface area contributed by atoms with Crippen molar-refractivity contribution in [3.05, 3.63) is 29.3 Å². The van der Waals surface area contributed by atoms with E-state index >= 15 is 0 Å². The van der Waals surface area contributed by atoms with E-state index in [4.69, 9.17) is 24.7 Å². The van der Waals surface area contributed by atoms with Crippen molar-refractivity contribution in [1.29, 1.82) is 0 Å². The van der Waals surface area contributed by atoms with Gasteiger partial charge in [0.15, 0.2) is 0 Å². The number of hydrogen-bond acceptors (Lipinski definition) is 5. The highest BCUT2D eigenvalue weighted by Gasteiger charge is 2.07. The molecule has 0 radical (unpaired) electrons. The van der Waals surface area contributed by atoms with E-state index in [1.807, 2.05) is 25.1 Å². The van der Waals surface area contributed by atoms with Crippen LogP contribution < -0.4 is 10.5 Å². The van der Waals surface area contributed by atoms with Gasteiger partial charge in [0.2, 0.25) is 0 Å². The summed E-state index contributed by atoms with van der Waals surface area (Å²) in [6.07, 6.45) is 0. The second-order valence-electron chi connectivity index (χ2n) is 4.52. The van der Waals surface area contributed by atoms with Gasteiger partial charge < -0.3 is 24.7 Å².